The fourth-order valence-corrected chi connectivity index (χ4v) is 4.24. The Morgan fingerprint density at radius 1 is 1.28 bits per heavy atom. The van der Waals surface area contributed by atoms with E-state index >= 15 is 0 Å². The van der Waals surface area contributed by atoms with Crippen molar-refractivity contribution in [1.29, 1.82) is 0 Å². The first-order valence-corrected chi connectivity index (χ1v) is 10.4. The first kappa shape index (κ1) is 19.5. The maximum absolute atomic E-state index is 13.2. The standard InChI is InChI=1S/C22H28N6O/c1-4-26-13-7-9-19(26)15-27(5-2)22(29)21-16(3)28(25-24-21)18-10-11-20-17(14-18)8-6-12-23-20/h6,8,10-12,14,19H,4-5,7,9,13,15H2,1-3H3. The van der Waals surface area contributed by atoms with E-state index in [0.29, 0.717) is 18.3 Å². The van der Waals surface area contributed by atoms with E-state index in [9.17, 15) is 4.79 Å². The number of rotatable bonds is 6. The normalized spacial score (nSPS) is 17.1. The highest BCUT2D eigenvalue weighted by Gasteiger charge is 2.29. The molecule has 1 fully saturated rings. The van der Waals surface area contributed by atoms with E-state index in [2.05, 4.69) is 27.1 Å². The number of amides is 1. The quantitative estimate of drug-likeness (QED) is 0.645. The second-order valence-corrected chi connectivity index (χ2v) is 7.58. The van der Waals surface area contributed by atoms with Crippen LogP contribution in [0.25, 0.3) is 16.6 Å². The van der Waals surface area contributed by atoms with Gasteiger partial charge in [0.1, 0.15) is 0 Å². The van der Waals surface area contributed by atoms with Gasteiger partial charge >= 0.3 is 0 Å². The maximum atomic E-state index is 13.2. The lowest BCUT2D eigenvalue weighted by Gasteiger charge is -2.29. The minimum atomic E-state index is -0.0401. The van der Waals surface area contributed by atoms with Crippen molar-refractivity contribution in [1.82, 2.24) is 29.8 Å². The van der Waals surface area contributed by atoms with Crippen molar-refractivity contribution < 1.29 is 4.79 Å². The van der Waals surface area contributed by atoms with E-state index in [0.717, 1.165) is 48.3 Å². The molecule has 4 rings (SSSR count). The fourth-order valence-electron chi connectivity index (χ4n) is 4.24. The zero-order chi connectivity index (χ0) is 20.4. The molecule has 1 aliphatic rings. The summed E-state index contributed by atoms with van der Waals surface area (Å²) in [6.45, 7) is 9.69. The summed E-state index contributed by atoms with van der Waals surface area (Å²) in [5, 5.41) is 9.56. The Labute approximate surface area is 171 Å². The number of aromatic nitrogens is 4. The molecule has 29 heavy (non-hydrogen) atoms. The lowest BCUT2D eigenvalue weighted by atomic mass is 10.2. The molecule has 0 N–H and O–H groups in total. The maximum Gasteiger partial charge on any atom is 0.276 e. The highest BCUT2D eigenvalue weighted by Crippen LogP contribution is 2.21. The number of likely N-dealkylation sites (N-methyl/N-ethyl adjacent to an activating group) is 2. The average molecular weight is 393 g/mol. The number of fused-ring (bicyclic) bond motifs is 1. The summed E-state index contributed by atoms with van der Waals surface area (Å²) in [5.74, 6) is -0.0401. The van der Waals surface area contributed by atoms with Gasteiger partial charge in [-0.2, -0.15) is 0 Å². The van der Waals surface area contributed by atoms with Crippen molar-refractivity contribution in [2.24, 2.45) is 0 Å². The molecule has 152 valence electrons. The molecule has 2 aromatic heterocycles. The monoisotopic (exact) mass is 392 g/mol. The number of hydrogen-bond donors (Lipinski definition) is 0. The lowest BCUT2D eigenvalue weighted by Crippen LogP contribution is -2.43. The molecule has 1 unspecified atom stereocenters. The van der Waals surface area contributed by atoms with Crippen molar-refractivity contribution in [2.45, 2.75) is 39.7 Å². The highest BCUT2D eigenvalue weighted by atomic mass is 16.2. The van der Waals surface area contributed by atoms with Gasteiger partial charge in [0.15, 0.2) is 5.69 Å². The second-order valence-electron chi connectivity index (χ2n) is 7.58. The molecule has 0 radical (unpaired) electrons. The molecule has 1 atom stereocenters. The molecular weight excluding hydrogens is 364 g/mol. The molecular formula is C22H28N6O. The Morgan fingerprint density at radius 3 is 2.93 bits per heavy atom. The van der Waals surface area contributed by atoms with Crippen LogP contribution in [0.2, 0.25) is 0 Å². The average Bonchev–Trinajstić information content (AvgIpc) is 3.37. The minimum Gasteiger partial charge on any atom is -0.336 e. The SMILES string of the molecule is CCN(CC1CCCN1CC)C(=O)c1nnn(-c2ccc3ncccc3c2)c1C. The Bertz CT molecular complexity index is 1010. The molecule has 1 amide bonds. The fraction of sp³-hybridized carbons (Fsp3) is 0.455. The molecule has 3 heterocycles. The van der Waals surface area contributed by atoms with Crippen LogP contribution in [-0.4, -0.2) is 67.9 Å². The third-order valence-electron chi connectivity index (χ3n) is 5.93. The molecule has 1 saturated heterocycles. The Balaban J connectivity index is 1.58. The number of carbonyl (C=O) groups excluding carboxylic acids is 1. The molecule has 0 aliphatic carbocycles. The van der Waals surface area contributed by atoms with E-state index in [4.69, 9.17) is 0 Å². The number of benzene rings is 1. The Hall–Kier alpha value is -2.80. The predicted octanol–water partition coefficient (Wildman–Crippen LogP) is 3.07. The van der Waals surface area contributed by atoms with Crippen LogP contribution in [0.5, 0.6) is 0 Å². The zero-order valence-corrected chi connectivity index (χ0v) is 17.4. The van der Waals surface area contributed by atoms with Gasteiger partial charge in [0.25, 0.3) is 5.91 Å². The largest absolute Gasteiger partial charge is 0.336 e. The van der Waals surface area contributed by atoms with Crippen molar-refractivity contribution in [3.8, 4) is 5.69 Å². The Morgan fingerprint density at radius 2 is 2.14 bits per heavy atom. The molecule has 1 aromatic carbocycles. The van der Waals surface area contributed by atoms with Gasteiger partial charge in [0.2, 0.25) is 0 Å². The van der Waals surface area contributed by atoms with Crippen molar-refractivity contribution in [2.75, 3.05) is 26.2 Å². The third kappa shape index (κ3) is 3.74. The summed E-state index contributed by atoms with van der Waals surface area (Å²) in [4.78, 5) is 21.9. The summed E-state index contributed by atoms with van der Waals surface area (Å²) in [5.41, 5.74) is 3.00. The molecule has 7 nitrogen and oxygen atoms in total. The number of hydrogen-bond acceptors (Lipinski definition) is 5. The minimum absolute atomic E-state index is 0.0401. The third-order valence-corrected chi connectivity index (χ3v) is 5.93. The number of likely N-dealkylation sites (tertiary alicyclic amines) is 1. The number of carbonyl (C=O) groups is 1. The van der Waals surface area contributed by atoms with Crippen LogP contribution in [0.3, 0.4) is 0 Å². The van der Waals surface area contributed by atoms with Crippen molar-refractivity contribution in [3.63, 3.8) is 0 Å². The van der Waals surface area contributed by atoms with E-state index in [-0.39, 0.29) is 5.91 Å². The van der Waals surface area contributed by atoms with E-state index in [1.54, 1.807) is 10.9 Å². The lowest BCUT2D eigenvalue weighted by molar-refractivity contribution is 0.0711. The molecule has 0 bridgehead atoms. The topological polar surface area (TPSA) is 67.2 Å². The molecule has 0 spiro atoms. The van der Waals surface area contributed by atoms with E-state index in [1.807, 2.05) is 49.1 Å². The second kappa shape index (κ2) is 8.29. The van der Waals surface area contributed by atoms with Gasteiger partial charge in [0, 0.05) is 30.7 Å². The molecule has 7 heteroatoms. The van der Waals surface area contributed by atoms with E-state index < -0.39 is 0 Å². The first-order valence-electron chi connectivity index (χ1n) is 10.4. The van der Waals surface area contributed by atoms with Gasteiger partial charge in [-0.05, 0) is 64.0 Å². The van der Waals surface area contributed by atoms with Gasteiger partial charge in [-0.25, -0.2) is 4.68 Å². The van der Waals surface area contributed by atoms with Crippen molar-refractivity contribution in [3.05, 3.63) is 47.9 Å². The van der Waals surface area contributed by atoms with Crippen LogP contribution < -0.4 is 0 Å². The summed E-state index contributed by atoms with van der Waals surface area (Å²) >= 11 is 0. The summed E-state index contributed by atoms with van der Waals surface area (Å²) in [7, 11) is 0. The molecule has 3 aromatic rings. The molecule has 1 aliphatic heterocycles. The van der Waals surface area contributed by atoms with Gasteiger partial charge in [0.05, 0.1) is 16.9 Å². The van der Waals surface area contributed by atoms with Gasteiger partial charge < -0.3 is 4.90 Å². The van der Waals surface area contributed by atoms with Crippen LogP contribution in [0.15, 0.2) is 36.5 Å². The van der Waals surface area contributed by atoms with Crippen LogP contribution in [0.1, 0.15) is 42.9 Å². The van der Waals surface area contributed by atoms with Crippen LogP contribution in [-0.2, 0) is 0 Å². The van der Waals surface area contributed by atoms with Crippen LogP contribution in [0.4, 0.5) is 0 Å². The zero-order valence-electron chi connectivity index (χ0n) is 17.4. The van der Waals surface area contributed by atoms with E-state index in [1.165, 1.54) is 6.42 Å². The Kier molecular flexibility index (Phi) is 5.58. The van der Waals surface area contributed by atoms with Gasteiger partial charge in [-0.3, -0.25) is 14.7 Å². The smallest absolute Gasteiger partial charge is 0.276 e. The number of nitrogens with zero attached hydrogens (tertiary/aromatic N) is 6. The predicted molar refractivity (Wildman–Crippen MR) is 113 cm³/mol. The van der Waals surface area contributed by atoms with Crippen LogP contribution >= 0.6 is 0 Å². The molecule has 0 saturated carbocycles. The summed E-state index contributed by atoms with van der Waals surface area (Å²) < 4.78 is 1.74. The summed E-state index contributed by atoms with van der Waals surface area (Å²) in [6.07, 6.45) is 4.13. The van der Waals surface area contributed by atoms with Gasteiger partial charge in [-0.1, -0.05) is 18.2 Å². The number of pyridine rings is 1. The van der Waals surface area contributed by atoms with Crippen LogP contribution in [0, 0.1) is 6.92 Å². The van der Waals surface area contributed by atoms with Crippen molar-refractivity contribution >= 4 is 16.8 Å². The van der Waals surface area contributed by atoms with Gasteiger partial charge in [-0.15, -0.1) is 5.10 Å². The summed E-state index contributed by atoms with van der Waals surface area (Å²) in [6, 6.07) is 10.3. The highest BCUT2D eigenvalue weighted by molar-refractivity contribution is 5.93. The first-order chi connectivity index (χ1) is 14.1.